The fraction of sp³-hybridized carbons (Fsp3) is 0.294. The molecule has 2 aromatic carbocycles. The normalized spacial score (nSPS) is 26.8. The van der Waals surface area contributed by atoms with E-state index in [4.69, 9.17) is 16.3 Å². The van der Waals surface area contributed by atoms with E-state index in [1.807, 2.05) is 36.4 Å². The van der Waals surface area contributed by atoms with E-state index in [1.54, 1.807) is 6.07 Å². The summed E-state index contributed by atoms with van der Waals surface area (Å²) in [6.45, 7) is 0.762. The standard InChI is InChI=1S/C17H16ClNO2/c18-11-4-5-15-14(9-11)17-13(6-7-21-17)16(19-15)10-2-1-3-12(20)8-10/h1-5,8-9,13,16-17,19-20H,6-7H2/t13-,16-,17-/m0/s1. The summed E-state index contributed by atoms with van der Waals surface area (Å²) in [5.41, 5.74) is 3.30. The van der Waals surface area contributed by atoms with Crippen LogP contribution in [0.3, 0.4) is 0 Å². The summed E-state index contributed by atoms with van der Waals surface area (Å²) >= 11 is 6.12. The minimum absolute atomic E-state index is 0.0762. The lowest BCUT2D eigenvalue weighted by Crippen LogP contribution is -2.29. The second kappa shape index (κ2) is 4.93. The van der Waals surface area contributed by atoms with Crippen molar-refractivity contribution in [1.82, 2.24) is 0 Å². The fourth-order valence-electron chi connectivity index (χ4n) is 3.49. The summed E-state index contributed by atoms with van der Waals surface area (Å²) in [5, 5.41) is 14.1. The lowest BCUT2D eigenvalue weighted by Gasteiger charge is -2.36. The van der Waals surface area contributed by atoms with Crippen LogP contribution in [-0.4, -0.2) is 11.7 Å². The third-order valence-corrected chi connectivity index (χ3v) is 4.66. The number of aromatic hydroxyl groups is 1. The molecule has 0 radical (unpaired) electrons. The molecule has 0 spiro atoms. The number of phenolic OH excluding ortho intramolecular Hbond substituents is 1. The molecule has 0 aromatic heterocycles. The van der Waals surface area contributed by atoms with Gasteiger partial charge in [0.25, 0.3) is 0 Å². The Bertz CT molecular complexity index is 688. The van der Waals surface area contributed by atoms with E-state index < -0.39 is 0 Å². The topological polar surface area (TPSA) is 41.5 Å². The maximum Gasteiger partial charge on any atom is 0.115 e. The van der Waals surface area contributed by atoms with E-state index in [0.29, 0.717) is 11.7 Å². The second-order valence-electron chi connectivity index (χ2n) is 5.69. The quantitative estimate of drug-likeness (QED) is 0.825. The van der Waals surface area contributed by atoms with E-state index in [-0.39, 0.29) is 12.1 Å². The van der Waals surface area contributed by atoms with Gasteiger partial charge in [-0.3, -0.25) is 0 Å². The number of ether oxygens (including phenoxy) is 1. The number of fused-ring (bicyclic) bond motifs is 3. The molecule has 2 aromatic rings. The molecule has 21 heavy (non-hydrogen) atoms. The molecule has 2 aliphatic heterocycles. The molecule has 0 saturated carbocycles. The van der Waals surface area contributed by atoms with E-state index in [9.17, 15) is 5.11 Å². The van der Waals surface area contributed by atoms with Crippen LogP contribution in [0.25, 0.3) is 0 Å². The molecule has 108 valence electrons. The lowest BCUT2D eigenvalue weighted by molar-refractivity contribution is 0.0829. The number of rotatable bonds is 1. The predicted octanol–water partition coefficient (Wildman–Crippen LogP) is 4.29. The van der Waals surface area contributed by atoms with Gasteiger partial charge >= 0.3 is 0 Å². The molecule has 0 bridgehead atoms. The summed E-state index contributed by atoms with van der Waals surface area (Å²) in [6.07, 6.45) is 1.08. The summed E-state index contributed by atoms with van der Waals surface area (Å²) < 4.78 is 5.96. The van der Waals surface area contributed by atoms with Gasteiger partial charge in [-0.05, 0) is 42.3 Å². The zero-order chi connectivity index (χ0) is 14.4. The largest absolute Gasteiger partial charge is 0.508 e. The Labute approximate surface area is 128 Å². The number of phenols is 1. The Kier molecular flexibility index (Phi) is 3.05. The number of anilines is 1. The molecule has 3 nitrogen and oxygen atoms in total. The molecule has 0 amide bonds. The van der Waals surface area contributed by atoms with Gasteiger partial charge < -0.3 is 15.2 Å². The Hall–Kier alpha value is -1.71. The minimum atomic E-state index is 0.0762. The summed E-state index contributed by atoms with van der Waals surface area (Å²) in [7, 11) is 0. The lowest BCUT2D eigenvalue weighted by atomic mass is 9.81. The van der Waals surface area contributed by atoms with Crippen molar-refractivity contribution in [2.24, 2.45) is 5.92 Å². The van der Waals surface area contributed by atoms with Crippen molar-refractivity contribution in [2.75, 3.05) is 11.9 Å². The van der Waals surface area contributed by atoms with Gasteiger partial charge in [-0.2, -0.15) is 0 Å². The SMILES string of the molecule is Oc1cccc([C@@H]2Nc3ccc(Cl)cc3[C@H]3OCC[C@H]32)c1. The summed E-state index contributed by atoms with van der Waals surface area (Å²) in [5.74, 6) is 0.657. The minimum Gasteiger partial charge on any atom is -0.508 e. The molecule has 2 N–H and O–H groups in total. The molecule has 2 aliphatic rings. The van der Waals surface area contributed by atoms with Crippen molar-refractivity contribution in [3.8, 4) is 5.75 Å². The molecule has 1 saturated heterocycles. The van der Waals surface area contributed by atoms with Gasteiger partial charge in [0, 0.05) is 28.8 Å². The third-order valence-electron chi connectivity index (χ3n) is 4.43. The highest BCUT2D eigenvalue weighted by atomic mass is 35.5. The maximum atomic E-state index is 9.74. The molecule has 1 fully saturated rings. The van der Waals surface area contributed by atoms with Crippen LogP contribution >= 0.6 is 11.6 Å². The molecule has 4 heteroatoms. The van der Waals surface area contributed by atoms with Gasteiger partial charge in [0.1, 0.15) is 5.75 Å². The number of benzene rings is 2. The molecule has 2 heterocycles. The van der Waals surface area contributed by atoms with E-state index >= 15 is 0 Å². The van der Waals surface area contributed by atoms with Gasteiger partial charge in [-0.15, -0.1) is 0 Å². The maximum absolute atomic E-state index is 9.74. The molecule has 0 unspecified atom stereocenters. The molecular weight excluding hydrogens is 286 g/mol. The number of hydrogen-bond acceptors (Lipinski definition) is 3. The molecular formula is C17H16ClNO2. The predicted molar refractivity (Wildman–Crippen MR) is 82.7 cm³/mol. The monoisotopic (exact) mass is 301 g/mol. The van der Waals surface area contributed by atoms with Crippen molar-refractivity contribution in [3.63, 3.8) is 0 Å². The second-order valence-corrected chi connectivity index (χ2v) is 6.13. The Balaban J connectivity index is 1.79. The van der Waals surface area contributed by atoms with Crippen LogP contribution in [0.5, 0.6) is 5.75 Å². The highest BCUT2D eigenvalue weighted by Crippen LogP contribution is 2.50. The first-order valence-corrected chi connectivity index (χ1v) is 7.57. The van der Waals surface area contributed by atoms with E-state index in [0.717, 1.165) is 34.9 Å². The van der Waals surface area contributed by atoms with Crippen LogP contribution in [0.1, 0.15) is 29.7 Å². The van der Waals surface area contributed by atoms with E-state index in [1.165, 1.54) is 0 Å². The van der Waals surface area contributed by atoms with Crippen LogP contribution < -0.4 is 5.32 Å². The van der Waals surface area contributed by atoms with E-state index in [2.05, 4.69) is 5.32 Å². The Morgan fingerprint density at radius 3 is 2.95 bits per heavy atom. The third kappa shape index (κ3) is 2.17. The molecule has 0 aliphatic carbocycles. The van der Waals surface area contributed by atoms with Crippen molar-refractivity contribution in [1.29, 1.82) is 0 Å². The average Bonchev–Trinajstić information content (AvgIpc) is 2.96. The zero-order valence-electron chi connectivity index (χ0n) is 11.4. The van der Waals surface area contributed by atoms with Crippen molar-refractivity contribution < 1.29 is 9.84 Å². The molecule has 4 rings (SSSR count). The van der Waals surface area contributed by atoms with Gasteiger partial charge in [0.2, 0.25) is 0 Å². The summed E-state index contributed by atoms with van der Waals surface area (Å²) in [6, 6.07) is 13.5. The van der Waals surface area contributed by atoms with Crippen LogP contribution in [0.4, 0.5) is 5.69 Å². The zero-order valence-corrected chi connectivity index (χ0v) is 12.2. The smallest absolute Gasteiger partial charge is 0.115 e. The highest BCUT2D eigenvalue weighted by Gasteiger charge is 2.41. The van der Waals surface area contributed by atoms with Gasteiger partial charge in [0.05, 0.1) is 12.1 Å². The molecule has 3 atom stereocenters. The number of nitrogens with one attached hydrogen (secondary N) is 1. The van der Waals surface area contributed by atoms with Crippen LogP contribution in [-0.2, 0) is 4.74 Å². The number of hydrogen-bond donors (Lipinski definition) is 2. The fourth-order valence-corrected chi connectivity index (χ4v) is 3.67. The average molecular weight is 302 g/mol. The first kappa shape index (κ1) is 13.0. The van der Waals surface area contributed by atoms with Crippen molar-refractivity contribution >= 4 is 17.3 Å². The van der Waals surface area contributed by atoms with Gasteiger partial charge in [0.15, 0.2) is 0 Å². The van der Waals surface area contributed by atoms with Gasteiger partial charge in [-0.1, -0.05) is 23.7 Å². The van der Waals surface area contributed by atoms with Crippen molar-refractivity contribution in [3.05, 3.63) is 58.6 Å². The Morgan fingerprint density at radius 1 is 1.19 bits per heavy atom. The van der Waals surface area contributed by atoms with Crippen LogP contribution in [0.15, 0.2) is 42.5 Å². The highest BCUT2D eigenvalue weighted by molar-refractivity contribution is 6.30. The summed E-state index contributed by atoms with van der Waals surface area (Å²) in [4.78, 5) is 0. The van der Waals surface area contributed by atoms with Crippen molar-refractivity contribution in [2.45, 2.75) is 18.6 Å². The Morgan fingerprint density at radius 2 is 2.10 bits per heavy atom. The number of halogens is 1. The first-order valence-electron chi connectivity index (χ1n) is 7.19. The van der Waals surface area contributed by atoms with Crippen LogP contribution in [0.2, 0.25) is 5.02 Å². The van der Waals surface area contributed by atoms with Crippen LogP contribution in [0, 0.1) is 5.92 Å². The van der Waals surface area contributed by atoms with Gasteiger partial charge in [-0.25, -0.2) is 0 Å². The first-order chi connectivity index (χ1) is 10.2.